The molecule has 0 heterocycles. The molecule has 0 saturated carbocycles. The molecule has 0 N–H and O–H groups in total. The summed E-state index contributed by atoms with van der Waals surface area (Å²) in [5, 5.41) is 0. The van der Waals surface area contributed by atoms with Gasteiger partial charge in [-0.3, -0.25) is 0 Å². The van der Waals surface area contributed by atoms with Crippen molar-refractivity contribution >= 4 is 21.4 Å². The summed E-state index contributed by atoms with van der Waals surface area (Å²) in [6, 6.07) is 0. The maximum absolute atomic E-state index is 5.45. The van der Waals surface area contributed by atoms with Gasteiger partial charge in [0.1, 0.15) is 0 Å². The molecule has 0 rings (SSSR count). The number of hydrogen-bond acceptors (Lipinski definition) is 8. The van der Waals surface area contributed by atoms with Gasteiger partial charge in [0.05, 0.1) is 0 Å². The van der Waals surface area contributed by atoms with Gasteiger partial charge < -0.3 is 0 Å². The van der Waals surface area contributed by atoms with Crippen molar-refractivity contribution < 1.29 is 0 Å². The van der Waals surface area contributed by atoms with E-state index in [0.717, 1.165) is 0 Å². The van der Waals surface area contributed by atoms with E-state index in [9.17, 15) is 0 Å². The molecule has 8 nitrogen and oxygen atoms in total. The second kappa shape index (κ2) is 8.98. The third kappa shape index (κ3) is 3.17. The Hall–Kier alpha value is 0.810. The molecular formula is C18H53N8P3. The van der Waals surface area contributed by atoms with Gasteiger partial charge in [0, 0.05) is 0 Å². The first-order chi connectivity index (χ1) is 12.8. The van der Waals surface area contributed by atoms with Crippen LogP contribution >= 0.6 is 21.4 Å². The molecule has 0 amide bonds. The second-order valence-electron chi connectivity index (χ2n) is 10.2. The Morgan fingerprint density at radius 3 is 0.862 bits per heavy atom. The summed E-state index contributed by atoms with van der Waals surface area (Å²) in [6.45, 7) is 3.44. The van der Waals surface area contributed by atoms with Gasteiger partial charge in [-0.2, -0.15) is 0 Å². The fraction of sp³-hybridized carbons (Fsp3) is 1.00. The maximum atomic E-state index is 5.45. The van der Waals surface area contributed by atoms with Crippen LogP contribution in [-0.4, -0.2) is 137 Å². The van der Waals surface area contributed by atoms with E-state index < -0.39 is 13.3 Å². The summed E-state index contributed by atoms with van der Waals surface area (Å²) in [4.78, 5) is 0. The number of rotatable bonds is 9. The van der Waals surface area contributed by atoms with E-state index in [1.165, 1.54) is 0 Å². The Bertz CT molecular complexity index is 526. The van der Waals surface area contributed by atoms with Crippen LogP contribution in [0.3, 0.4) is 0 Å². The molecular weight excluding hydrogens is 421 g/mol. The Kier molecular flexibility index (Phi) is 9.23. The SMILES string of the molecule is CN(C)P(/[PH2]=N/C(C)(C)C)(N(C)C)(N(C)C)P(N(C)C)(N(C)C)(N(C)C)N(C)C. The van der Waals surface area contributed by atoms with Crippen molar-refractivity contribution in [3.05, 3.63) is 0 Å². The van der Waals surface area contributed by atoms with E-state index in [1.807, 2.05) is 0 Å². The molecule has 0 aliphatic carbocycles. The van der Waals surface area contributed by atoms with Crippen molar-refractivity contribution in [2.75, 3.05) is 98.7 Å². The Balaban J connectivity index is 8.58. The van der Waals surface area contributed by atoms with Crippen molar-refractivity contribution in [2.24, 2.45) is 4.74 Å². The molecule has 29 heavy (non-hydrogen) atoms. The first-order valence-corrected chi connectivity index (χ1v) is 17.1. The molecule has 11 heteroatoms. The zero-order chi connectivity index (χ0) is 23.9. The molecule has 0 aromatic heterocycles. The summed E-state index contributed by atoms with van der Waals surface area (Å²) in [5.41, 5.74) is -0.0995. The summed E-state index contributed by atoms with van der Waals surface area (Å²) in [5.74, 6) is 0. The van der Waals surface area contributed by atoms with E-state index in [2.05, 4.69) is 152 Å². The predicted molar refractivity (Wildman–Crippen MR) is 142 cm³/mol. The first kappa shape index (κ1) is 29.8. The average Bonchev–Trinajstić information content (AvgIpc) is 2.47. The van der Waals surface area contributed by atoms with Crippen molar-refractivity contribution in [3.8, 4) is 0 Å². The summed E-state index contributed by atoms with van der Waals surface area (Å²) in [6.07, 6.45) is -3.15. The standard InChI is InChI=1S/C18H53N8P3/c1-18(2,3)19-27-29(24(12)13,25(14)15,26(16)17)28(20(4)5,21(6)7,22(8)9)23(10)11/h27H2,1-17H3. The van der Waals surface area contributed by atoms with Crippen LogP contribution in [0.2, 0.25) is 0 Å². The normalized spacial score (nSPS) is 18.2. The van der Waals surface area contributed by atoms with E-state index >= 15 is 0 Å². The molecule has 0 aliphatic heterocycles. The van der Waals surface area contributed by atoms with Crippen molar-refractivity contribution in [1.82, 2.24) is 32.7 Å². The zero-order valence-electron chi connectivity index (χ0n) is 22.5. The Morgan fingerprint density at radius 2 is 0.724 bits per heavy atom. The van der Waals surface area contributed by atoms with Crippen molar-refractivity contribution in [3.63, 3.8) is 0 Å². The summed E-state index contributed by atoms with van der Waals surface area (Å²) < 4.78 is 23.2. The van der Waals surface area contributed by atoms with Crippen molar-refractivity contribution in [1.29, 1.82) is 0 Å². The molecule has 0 bridgehead atoms. The van der Waals surface area contributed by atoms with Crippen LogP contribution in [0.4, 0.5) is 0 Å². The van der Waals surface area contributed by atoms with Crippen LogP contribution < -0.4 is 0 Å². The third-order valence-corrected chi connectivity index (χ3v) is 41.5. The molecule has 0 aliphatic rings. The Morgan fingerprint density at radius 1 is 0.483 bits per heavy atom. The molecule has 0 saturated heterocycles. The van der Waals surface area contributed by atoms with Gasteiger partial charge in [-0.25, -0.2) is 0 Å². The van der Waals surface area contributed by atoms with Gasteiger partial charge in [-0.05, 0) is 0 Å². The molecule has 180 valence electrons. The first-order valence-electron chi connectivity index (χ1n) is 10.1. The molecule has 1 atom stereocenters. The minimum absolute atomic E-state index is 0.0995. The van der Waals surface area contributed by atoms with Gasteiger partial charge in [0.2, 0.25) is 0 Å². The van der Waals surface area contributed by atoms with E-state index in [4.69, 9.17) is 4.74 Å². The molecule has 0 aromatic rings. The third-order valence-electron chi connectivity index (χ3n) is 6.50. The quantitative estimate of drug-likeness (QED) is 0.472. The molecule has 0 fully saturated rings. The van der Waals surface area contributed by atoms with Gasteiger partial charge in [0.15, 0.2) is 0 Å². The molecule has 0 spiro atoms. The zero-order valence-corrected chi connectivity index (χ0v) is 25.5. The minimum atomic E-state index is -3.22. The molecule has 0 aromatic carbocycles. The van der Waals surface area contributed by atoms with Crippen LogP contribution in [-0.2, 0) is 0 Å². The van der Waals surface area contributed by atoms with Crippen LogP contribution in [0, 0.1) is 0 Å². The van der Waals surface area contributed by atoms with E-state index in [1.54, 1.807) is 0 Å². The van der Waals surface area contributed by atoms with Crippen LogP contribution in [0.1, 0.15) is 20.8 Å². The Labute approximate surface area is 184 Å². The fourth-order valence-corrected chi connectivity index (χ4v) is 46.3. The van der Waals surface area contributed by atoms with Crippen LogP contribution in [0.25, 0.3) is 0 Å². The topological polar surface area (TPSA) is 35.0 Å². The van der Waals surface area contributed by atoms with Gasteiger partial charge in [0.25, 0.3) is 0 Å². The predicted octanol–water partition coefficient (Wildman–Crippen LogP) is 3.65. The fourth-order valence-electron chi connectivity index (χ4n) is 6.23. The number of nitrogens with zero attached hydrogens (tertiary/aromatic N) is 8. The van der Waals surface area contributed by atoms with Crippen LogP contribution in [0.15, 0.2) is 4.74 Å². The van der Waals surface area contributed by atoms with Gasteiger partial charge in [-0.1, -0.05) is 0 Å². The second-order valence-corrected chi connectivity index (χ2v) is 29.4. The molecule has 1 unspecified atom stereocenters. The van der Waals surface area contributed by atoms with Gasteiger partial charge in [-0.15, -0.1) is 0 Å². The van der Waals surface area contributed by atoms with Gasteiger partial charge >= 0.3 is 184 Å². The summed E-state index contributed by atoms with van der Waals surface area (Å²) >= 11 is 0. The monoisotopic (exact) mass is 474 g/mol. The van der Waals surface area contributed by atoms with E-state index in [-0.39, 0.29) is 13.6 Å². The van der Waals surface area contributed by atoms with Crippen molar-refractivity contribution in [2.45, 2.75) is 26.3 Å². The summed E-state index contributed by atoms with van der Waals surface area (Å²) in [7, 11) is 31.3. The van der Waals surface area contributed by atoms with E-state index in [0.29, 0.717) is 0 Å². The van der Waals surface area contributed by atoms with Crippen LogP contribution in [0.5, 0.6) is 0 Å². The number of hydrogen-bond donors (Lipinski definition) is 0. The molecule has 0 radical (unpaired) electrons. The average molecular weight is 475 g/mol.